The third-order valence-electron chi connectivity index (χ3n) is 3.04. The van der Waals surface area contributed by atoms with E-state index in [1.807, 2.05) is 0 Å². The third-order valence-corrected chi connectivity index (χ3v) is 3.04. The highest BCUT2D eigenvalue weighted by Crippen LogP contribution is 2.33. The lowest BCUT2D eigenvalue weighted by Gasteiger charge is -2.11. The number of hydrogen-bond acceptors (Lipinski definition) is 3. The Morgan fingerprint density at radius 3 is 2.50 bits per heavy atom. The lowest BCUT2D eigenvalue weighted by Crippen LogP contribution is -2.03. The van der Waals surface area contributed by atoms with Gasteiger partial charge in [0.25, 0.3) is 0 Å². The lowest BCUT2D eigenvalue weighted by molar-refractivity contribution is -0.115. The molecular weight excluding hydrogens is 264 g/mol. The van der Waals surface area contributed by atoms with E-state index in [2.05, 4.69) is 10.6 Å². The van der Waals surface area contributed by atoms with Crippen molar-refractivity contribution in [3.05, 3.63) is 47.5 Å². The molecule has 0 saturated carbocycles. The molecule has 0 spiro atoms. The maximum atomic E-state index is 13.1. The van der Waals surface area contributed by atoms with Crippen LogP contribution in [0.25, 0.3) is 0 Å². The average Bonchev–Trinajstić information content (AvgIpc) is 2.67. The summed E-state index contributed by atoms with van der Waals surface area (Å²) in [5.74, 6) is -1.46. The van der Waals surface area contributed by atoms with Gasteiger partial charge in [-0.25, -0.2) is 8.78 Å². The van der Waals surface area contributed by atoms with Crippen LogP contribution < -0.4 is 16.4 Å². The lowest BCUT2D eigenvalue weighted by atomic mass is 10.1. The number of amides is 1. The summed E-state index contributed by atoms with van der Waals surface area (Å²) < 4.78 is 26.3. The van der Waals surface area contributed by atoms with Crippen LogP contribution in [0.1, 0.15) is 5.56 Å². The van der Waals surface area contributed by atoms with Gasteiger partial charge in [-0.2, -0.15) is 0 Å². The number of carbonyl (C=O) groups excluding carboxylic acids is 1. The first-order valence-electron chi connectivity index (χ1n) is 5.96. The van der Waals surface area contributed by atoms with Gasteiger partial charge in [0.15, 0.2) is 0 Å². The Bertz CT molecular complexity index is 696. The highest BCUT2D eigenvalue weighted by Gasteiger charge is 2.19. The van der Waals surface area contributed by atoms with Crippen molar-refractivity contribution in [2.75, 3.05) is 16.4 Å². The van der Waals surface area contributed by atoms with E-state index in [0.29, 0.717) is 17.1 Å². The molecule has 3 rings (SSSR count). The van der Waals surface area contributed by atoms with Crippen molar-refractivity contribution in [3.8, 4) is 0 Å². The number of benzene rings is 2. The van der Waals surface area contributed by atoms with Crippen LogP contribution in [0.5, 0.6) is 0 Å². The first-order chi connectivity index (χ1) is 9.51. The minimum absolute atomic E-state index is 0.103. The smallest absolute Gasteiger partial charge is 0.228 e. The van der Waals surface area contributed by atoms with E-state index < -0.39 is 11.6 Å². The van der Waals surface area contributed by atoms with Crippen LogP contribution in [-0.4, -0.2) is 5.91 Å². The second-order valence-electron chi connectivity index (χ2n) is 4.60. The molecule has 4 nitrogen and oxygen atoms in total. The van der Waals surface area contributed by atoms with Crippen molar-refractivity contribution in [1.29, 1.82) is 0 Å². The first kappa shape index (κ1) is 12.4. The van der Waals surface area contributed by atoms with Crippen LogP contribution in [0.15, 0.2) is 30.3 Å². The van der Waals surface area contributed by atoms with Crippen molar-refractivity contribution < 1.29 is 13.6 Å². The number of nitrogen functional groups attached to an aromatic ring is 1. The predicted octanol–water partition coefficient (Wildman–Crippen LogP) is 2.79. The fourth-order valence-electron chi connectivity index (χ4n) is 2.18. The summed E-state index contributed by atoms with van der Waals surface area (Å²) in [5, 5.41) is 5.53. The van der Waals surface area contributed by atoms with Crippen LogP contribution >= 0.6 is 0 Å². The topological polar surface area (TPSA) is 67.2 Å². The summed E-state index contributed by atoms with van der Waals surface area (Å²) in [6, 6.07) is 6.43. The van der Waals surface area contributed by atoms with Gasteiger partial charge in [-0.3, -0.25) is 4.79 Å². The molecule has 102 valence electrons. The number of hydrogen-bond donors (Lipinski definition) is 3. The number of fused-ring (bicyclic) bond motifs is 1. The molecule has 0 unspecified atom stereocenters. The summed E-state index contributed by atoms with van der Waals surface area (Å²) in [6.45, 7) is 0. The van der Waals surface area contributed by atoms with Gasteiger partial charge >= 0.3 is 0 Å². The Morgan fingerprint density at radius 1 is 1.10 bits per heavy atom. The quantitative estimate of drug-likeness (QED) is 0.738. The molecule has 0 radical (unpaired) electrons. The standard InChI is InChI=1S/C14H11F2N3O/c15-8-3-9(16)5-10(4-8)18-13-6-12-7(1-11(13)17)2-14(20)19-12/h1,3-6,18H,2,17H2,(H,19,20). The summed E-state index contributed by atoms with van der Waals surface area (Å²) in [6.07, 6.45) is 0.286. The Kier molecular flexibility index (Phi) is 2.78. The number of nitrogens with two attached hydrogens (primary N) is 1. The van der Waals surface area contributed by atoms with E-state index >= 15 is 0 Å². The molecule has 1 amide bonds. The number of halogens is 2. The van der Waals surface area contributed by atoms with Gasteiger partial charge in [0.2, 0.25) is 5.91 Å². The van der Waals surface area contributed by atoms with E-state index in [0.717, 1.165) is 23.8 Å². The Hall–Kier alpha value is -2.63. The third kappa shape index (κ3) is 2.27. The van der Waals surface area contributed by atoms with Gasteiger partial charge in [-0.15, -0.1) is 0 Å². The maximum Gasteiger partial charge on any atom is 0.228 e. The molecule has 2 aromatic carbocycles. The molecule has 4 N–H and O–H groups in total. The molecule has 0 fully saturated rings. The first-order valence-corrected chi connectivity index (χ1v) is 5.96. The van der Waals surface area contributed by atoms with Crippen molar-refractivity contribution in [3.63, 3.8) is 0 Å². The highest BCUT2D eigenvalue weighted by atomic mass is 19.1. The highest BCUT2D eigenvalue weighted by molar-refractivity contribution is 6.01. The van der Waals surface area contributed by atoms with Gasteiger partial charge in [0.05, 0.1) is 17.8 Å². The van der Waals surface area contributed by atoms with Crippen LogP contribution in [0.2, 0.25) is 0 Å². The summed E-state index contributed by atoms with van der Waals surface area (Å²) >= 11 is 0. The average molecular weight is 275 g/mol. The zero-order chi connectivity index (χ0) is 14.3. The Labute approximate surface area is 113 Å². The molecule has 2 aromatic rings. The Balaban J connectivity index is 1.95. The fraction of sp³-hybridized carbons (Fsp3) is 0.0714. The molecule has 1 heterocycles. The van der Waals surface area contributed by atoms with Crippen LogP contribution in [0, 0.1) is 11.6 Å². The molecule has 1 aliphatic rings. The van der Waals surface area contributed by atoms with E-state index in [1.54, 1.807) is 12.1 Å². The molecule has 0 saturated heterocycles. The Morgan fingerprint density at radius 2 is 1.80 bits per heavy atom. The van der Waals surface area contributed by atoms with Crippen molar-refractivity contribution in [2.24, 2.45) is 0 Å². The minimum Gasteiger partial charge on any atom is -0.397 e. The minimum atomic E-state index is -0.680. The maximum absolute atomic E-state index is 13.1. The van der Waals surface area contributed by atoms with E-state index in [9.17, 15) is 13.6 Å². The van der Waals surface area contributed by atoms with Crippen molar-refractivity contribution in [1.82, 2.24) is 0 Å². The number of rotatable bonds is 2. The monoisotopic (exact) mass is 275 g/mol. The molecular formula is C14H11F2N3O. The molecule has 20 heavy (non-hydrogen) atoms. The molecule has 1 aliphatic heterocycles. The van der Waals surface area contributed by atoms with Gasteiger partial charge in [0, 0.05) is 17.4 Å². The largest absolute Gasteiger partial charge is 0.397 e. The van der Waals surface area contributed by atoms with Crippen LogP contribution in [0.4, 0.5) is 31.5 Å². The van der Waals surface area contributed by atoms with Crippen molar-refractivity contribution >= 4 is 28.7 Å². The molecule has 0 atom stereocenters. The SMILES string of the molecule is Nc1cc2c(cc1Nc1cc(F)cc(F)c1)NC(=O)C2. The molecule has 6 heteroatoms. The van der Waals surface area contributed by atoms with Crippen LogP contribution in [-0.2, 0) is 11.2 Å². The fourth-order valence-corrected chi connectivity index (χ4v) is 2.18. The second kappa shape index (κ2) is 4.48. The summed E-state index contributed by atoms with van der Waals surface area (Å²) in [5.41, 5.74) is 8.48. The van der Waals surface area contributed by atoms with E-state index in [1.165, 1.54) is 0 Å². The number of carbonyl (C=O) groups is 1. The van der Waals surface area contributed by atoms with Gasteiger partial charge in [-0.1, -0.05) is 0 Å². The summed E-state index contributed by atoms with van der Waals surface area (Å²) in [4.78, 5) is 11.3. The normalized spacial score (nSPS) is 13.0. The molecule has 0 aliphatic carbocycles. The van der Waals surface area contributed by atoms with Gasteiger partial charge in [0.1, 0.15) is 11.6 Å². The van der Waals surface area contributed by atoms with E-state index in [-0.39, 0.29) is 18.0 Å². The number of nitrogens with one attached hydrogen (secondary N) is 2. The summed E-state index contributed by atoms with van der Waals surface area (Å²) in [7, 11) is 0. The van der Waals surface area contributed by atoms with Crippen molar-refractivity contribution in [2.45, 2.75) is 6.42 Å². The molecule has 0 aromatic heterocycles. The predicted molar refractivity (Wildman–Crippen MR) is 72.8 cm³/mol. The van der Waals surface area contributed by atoms with Crippen LogP contribution in [0.3, 0.4) is 0 Å². The zero-order valence-corrected chi connectivity index (χ0v) is 10.3. The molecule has 0 bridgehead atoms. The van der Waals surface area contributed by atoms with Gasteiger partial charge < -0.3 is 16.4 Å². The van der Waals surface area contributed by atoms with Gasteiger partial charge in [-0.05, 0) is 29.8 Å². The van der Waals surface area contributed by atoms with E-state index in [4.69, 9.17) is 5.73 Å². The number of anilines is 4. The second-order valence-corrected chi connectivity index (χ2v) is 4.60. The zero-order valence-electron chi connectivity index (χ0n) is 10.3.